The van der Waals surface area contributed by atoms with E-state index in [0.29, 0.717) is 6.04 Å². The molecule has 0 radical (unpaired) electrons. The third-order valence-electron chi connectivity index (χ3n) is 4.82. The maximum absolute atomic E-state index is 12.3. The summed E-state index contributed by atoms with van der Waals surface area (Å²) in [6.45, 7) is 7.71. The third kappa shape index (κ3) is 4.02. The van der Waals surface area contributed by atoms with E-state index in [-0.39, 0.29) is 6.03 Å². The molecule has 1 aromatic carbocycles. The topological polar surface area (TPSA) is 68.2 Å². The zero-order valence-corrected chi connectivity index (χ0v) is 15.1. The Morgan fingerprint density at radius 3 is 2.76 bits per heavy atom. The Hall–Kier alpha value is -2.34. The second kappa shape index (κ2) is 7.70. The van der Waals surface area contributed by atoms with E-state index in [4.69, 9.17) is 4.74 Å². The quantitative estimate of drug-likeness (QED) is 0.880. The van der Waals surface area contributed by atoms with E-state index in [9.17, 15) is 4.79 Å². The number of rotatable bonds is 4. The van der Waals surface area contributed by atoms with E-state index in [1.807, 2.05) is 29.8 Å². The van der Waals surface area contributed by atoms with Gasteiger partial charge in [-0.2, -0.15) is 5.10 Å². The Morgan fingerprint density at radius 2 is 2.04 bits per heavy atom. The molecule has 2 N–H and O–H groups in total. The van der Waals surface area contributed by atoms with Crippen molar-refractivity contribution in [3.05, 3.63) is 41.2 Å². The Labute approximate surface area is 148 Å². The fourth-order valence-electron chi connectivity index (χ4n) is 3.26. The number of carbonyl (C=O) groups is 1. The van der Waals surface area contributed by atoms with Gasteiger partial charge in [-0.15, -0.1) is 0 Å². The maximum atomic E-state index is 12.3. The minimum atomic E-state index is -0.250. The smallest absolute Gasteiger partial charge is 0.323 e. The van der Waals surface area contributed by atoms with Crippen LogP contribution < -0.4 is 10.6 Å². The van der Waals surface area contributed by atoms with Crippen molar-refractivity contribution in [2.45, 2.75) is 46.1 Å². The molecule has 1 aliphatic rings. The lowest BCUT2D eigenvalue weighted by molar-refractivity contribution is 0.0657. The van der Waals surface area contributed by atoms with Crippen molar-refractivity contribution >= 4 is 17.4 Å². The van der Waals surface area contributed by atoms with Crippen molar-refractivity contribution in [2.24, 2.45) is 0 Å². The summed E-state index contributed by atoms with van der Waals surface area (Å²) < 4.78 is 7.40. The first-order valence-electron chi connectivity index (χ1n) is 8.88. The molecule has 0 spiro atoms. The van der Waals surface area contributed by atoms with Gasteiger partial charge < -0.3 is 15.4 Å². The van der Waals surface area contributed by atoms with Crippen molar-refractivity contribution < 1.29 is 9.53 Å². The van der Waals surface area contributed by atoms with E-state index in [1.54, 1.807) is 6.20 Å². The van der Waals surface area contributed by atoms with E-state index < -0.39 is 0 Å². The van der Waals surface area contributed by atoms with E-state index in [2.05, 4.69) is 29.6 Å². The normalized spacial score (nSPS) is 15.2. The molecule has 0 unspecified atom stereocenters. The van der Waals surface area contributed by atoms with Crippen LogP contribution in [0.4, 0.5) is 16.2 Å². The van der Waals surface area contributed by atoms with Crippen LogP contribution in [0.5, 0.6) is 0 Å². The summed E-state index contributed by atoms with van der Waals surface area (Å²) in [6.07, 6.45) is 4.57. The van der Waals surface area contributed by atoms with Crippen molar-refractivity contribution in [1.82, 2.24) is 9.78 Å². The second-order valence-electron chi connectivity index (χ2n) is 6.51. The van der Waals surface area contributed by atoms with Gasteiger partial charge in [0.05, 0.1) is 23.6 Å². The molecular formula is C19H26N4O2. The zero-order chi connectivity index (χ0) is 17.8. The van der Waals surface area contributed by atoms with Crippen LogP contribution in [0.2, 0.25) is 0 Å². The Balaban J connectivity index is 1.66. The van der Waals surface area contributed by atoms with Crippen LogP contribution >= 0.6 is 0 Å². The van der Waals surface area contributed by atoms with E-state index >= 15 is 0 Å². The minimum absolute atomic E-state index is 0.250. The number of hydrogen-bond acceptors (Lipinski definition) is 3. The molecule has 0 bridgehead atoms. The van der Waals surface area contributed by atoms with Crippen LogP contribution in [-0.2, 0) is 11.2 Å². The Kier molecular flexibility index (Phi) is 5.38. The SMILES string of the molecule is CCc1cc(NC(=O)Nc2cnn(C3CCOCC3)c2C)ccc1C. The van der Waals surface area contributed by atoms with Crippen LogP contribution in [-0.4, -0.2) is 29.0 Å². The highest BCUT2D eigenvalue weighted by Crippen LogP contribution is 2.25. The molecule has 0 atom stereocenters. The number of aromatic nitrogens is 2. The largest absolute Gasteiger partial charge is 0.381 e. The molecule has 1 aromatic heterocycles. The monoisotopic (exact) mass is 342 g/mol. The van der Waals surface area contributed by atoms with Crippen LogP contribution in [0.25, 0.3) is 0 Å². The number of carbonyl (C=O) groups excluding carboxylic acids is 1. The molecule has 3 rings (SSSR count). The lowest BCUT2D eigenvalue weighted by Crippen LogP contribution is -2.22. The van der Waals surface area contributed by atoms with Crippen LogP contribution in [0.15, 0.2) is 24.4 Å². The summed E-state index contributed by atoms with van der Waals surface area (Å²) in [6, 6.07) is 6.07. The second-order valence-corrected chi connectivity index (χ2v) is 6.51. The first-order chi connectivity index (χ1) is 12.1. The van der Waals surface area contributed by atoms with Crippen molar-refractivity contribution in [2.75, 3.05) is 23.8 Å². The summed E-state index contributed by atoms with van der Waals surface area (Å²) in [4.78, 5) is 12.3. The number of amides is 2. The standard InChI is InChI=1S/C19H26N4O2/c1-4-15-11-16(6-5-13(15)2)21-19(24)22-18-12-20-23(14(18)3)17-7-9-25-10-8-17/h5-6,11-12,17H,4,7-10H2,1-3H3,(H2,21,22,24). The van der Waals surface area contributed by atoms with Gasteiger partial charge in [-0.1, -0.05) is 13.0 Å². The summed E-state index contributed by atoms with van der Waals surface area (Å²) >= 11 is 0. The summed E-state index contributed by atoms with van der Waals surface area (Å²) in [5, 5.41) is 10.3. The van der Waals surface area contributed by atoms with Gasteiger partial charge in [0.15, 0.2) is 0 Å². The van der Waals surface area contributed by atoms with Crippen molar-refractivity contribution in [3.63, 3.8) is 0 Å². The summed E-state index contributed by atoms with van der Waals surface area (Å²) in [5.74, 6) is 0. The van der Waals surface area contributed by atoms with Gasteiger partial charge in [-0.25, -0.2) is 4.79 Å². The molecule has 6 heteroatoms. The van der Waals surface area contributed by atoms with Crippen LogP contribution in [0.1, 0.15) is 42.6 Å². The molecule has 1 aliphatic heterocycles. The molecule has 0 aliphatic carbocycles. The zero-order valence-electron chi connectivity index (χ0n) is 15.1. The molecule has 6 nitrogen and oxygen atoms in total. The minimum Gasteiger partial charge on any atom is -0.381 e. The van der Waals surface area contributed by atoms with Crippen LogP contribution in [0.3, 0.4) is 0 Å². The number of urea groups is 1. The number of aryl methyl sites for hydroxylation is 2. The van der Waals surface area contributed by atoms with Crippen molar-refractivity contribution in [1.29, 1.82) is 0 Å². The number of nitrogens with one attached hydrogen (secondary N) is 2. The fourth-order valence-corrected chi connectivity index (χ4v) is 3.26. The van der Waals surface area contributed by atoms with Gasteiger partial charge in [0.25, 0.3) is 0 Å². The van der Waals surface area contributed by atoms with Crippen LogP contribution in [0, 0.1) is 13.8 Å². The van der Waals surface area contributed by atoms with Gasteiger partial charge in [-0.05, 0) is 56.4 Å². The first kappa shape index (κ1) is 17.5. The molecule has 1 fully saturated rings. The first-order valence-corrected chi connectivity index (χ1v) is 8.88. The van der Waals surface area contributed by atoms with E-state index in [0.717, 1.165) is 49.5 Å². The Morgan fingerprint density at radius 1 is 1.28 bits per heavy atom. The van der Waals surface area contributed by atoms with Gasteiger partial charge in [-0.3, -0.25) is 4.68 Å². The highest BCUT2D eigenvalue weighted by molar-refractivity contribution is 6.00. The van der Waals surface area contributed by atoms with E-state index in [1.165, 1.54) is 11.1 Å². The van der Waals surface area contributed by atoms with Gasteiger partial charge in [0.2, 0.25) is 0 Å². The number of nitrogens with zero attached hydrogens (tertiary/aromatic N) is 2. The predicted molar refractivity (Wildman–Crippen MR) is 99.3 cm³/mol. The molecule has 2 aromatic rings. The molecule has 2 heterocycles. The van der Waals surface area contributed by atoms with Gasteiger partial charge in [0, 0.05) is 18.9 Å². The highest BCUT2D eigenvalue weighted by atomic mass is 16.5. The predicted octanol–water partition coefficient (Wildman–Crippen LogP) is 4.06. The summed E-state index contributed by atoms with van der Waals surface area (Å²) in [5.41, 5.74) is 4.99. The maximum Gasteiger partial charge on any atom is 0.323 e. The molecule has 0 saturated carbocycles. The van der Waals surface area contributed by atoms with Crippen molar-refractivity contribution in [3.8, 4) is 0 Å². The number of hydrogen-bond donors (Lipinski definition) is 2. The Bertz CT molecular complexity index is 748. The van der Waals surface area contributed by atoms with Gasteiger partial charge >= 0.3 is 6.03 Å². The number of benzene rings is 1. The fraction of sp³-hybridized carbons (Fsp3) is 0.474. The highest BCUT2D eigenvalue weighted by Gasteiger charge is 2.20. The molecule has 134 valence electrons. The number of anilines is 2. The van der Waals surface area contributed by atoms with Gasteiger partial charge in [0.1, 0.15) is 0 Å². The molecule has 1 saturated heterocycles. The molecular weight excluding hydrogens is 316 g/mol. The average molecular weight is 342 g/mol. The number of ether oxygens (including phenoxy) is 1. The lowest BCUT2D eigenvalue weighted by atomic mass is 10.1. The molecule has 25 heavy (non-hydrogen) atoms. The lowest BCUT2D eigenvalue weighted by Gasteiger charge is -2.23. The summed E-state index contributed by atoms with van der Waals surface area (Å²) in [7, 11) is 0. The molecule has 2 amide bonds. The third-order valence-corrected chi connectivity index (χ3v) is 4.82. The average Bonchev–Trinajstić information content (AvgIpc) is 2.98.